The third kappa shape index (κ3) is 4.86. The van der Waals surface area contributed by atoms with Crippen LogP contribution in [0, 0.1) is 6.92 Å². The second-order valence-corrected chi connectivity index (χ2v) is 5.80. The van der Waals surface area contributed by atoms with Crippen molar-refractivity contribution in [3.8, 4) is 11.4 Å². The van der Waals surface area contributed by atoms with E-state index in [0.29, 0.717) is 11.5 Å². The third-order valence-electron chi connectivity index (χ3n) is 3.75. The van der Waals surface area contributed by atoms with Gasteiger partial charge in [-0.3, -0.25) is 4.79 Å². The maximum absolute atomic E-state index is 12.6. The van der Waals surface area contributed by atoms with Crippen molar-refractivity contribution in [2.24, 2.45) is 0 Å². The molecule has 0 saturated heterocycles. The lowest BCUT2D eigenvalue weighted by Gasteiger charge is -2.08. The average molecular weight is 412 g/mol. The Bertz CT molecular complexity index is 999. The van der Waals surface area contributed by atoms with Crippen LogP contribution < -0.4 is 10.1 Å². The van der Waals surface area contributed by atoms with E-state index in [1.165, 1.54) is 28.9 Å². The van der Waals surface area contributed by atoms with Crippen molar-refractivity contribution in [1.29, 1.82) is 0 Å². The number of aryl methyl sites for hydroxylation is 1. The predicted molar refractivity (Wildman–Crippen MR) is 92.1 cm³/mol. The molecule has 0 fully saturated rings. The molecule has 0 spiro atoms. The molecule has 3 aromatic rings. The normalized spacial score (nSPS) is 11.6. The van der Waals surface area contributed by atoms with Gasteiger partial charge >= 0.3 is 12.8 Å². The number of hydrogen-bond donors (Lipinski definition) is 1. The zero-order valence-corrected chi connectivity index (χ0v) is 14.7. The second kappa shape index (κ2) is 7.86. The molecule has 1 aromatic heterocycles. The van der Waals surface area contributed by atoms with Crippen LogP contribution in [-0.4, -0.2) is 27.3 Å². The minimum atomic E-state index is -4.48. The number of halogens is 5. The molecule has 1 heterocycles. The van der Waals surface area contributed by atoms with Gasteiger partial charge < -0.3 is 10.1 Å². The molecule has 2 aromatic carbocycles. The Morgan fingerprint density at radius 1 is 1.07 bits per heavy atom. The zero-order chi connectivity index (χ0) is 21.2. The Balaban J connectivity index is 1.74. The molecular weight excluding hydrogens is 399 g/mol. The molecule has 1 N–H and O–H groups in total. The van der Waals surface area contributed by atoms with Crippen molar-refractivity contribution in [2.45, 2.75) is 19.7 Å². The number of hydrogen-bond acceptors (Lipinski definition) is 4. The van der Waals surface area contributed by atoms with Gasteiger partial charge in [-0.2, -0.15) is 22.0 Å². The highest BCUT2D eigenvalue weighted by atomic mass is 19.4. The van der Waals surface area contributed by atoms with E-state index in [-0.39, 0.29) is 17.3 Å². The van der Waals surface area contributed by atoms with Crippen LogP contribution in [0.5, 0.6) is 5.75 Å². The summed E-state index contributed by atoms with van der Waals surface area (Å²) in [5.74, 6) is -0.633. The van der Waals surface area contributed by atoms with E-state index in [1.807, 2.05) is 0 Å². The highest BCUT2D eigenvalue weighted by Gasteiger charge is 2.30. The van der Waals surface area contributed by atoms with Crippen LogP contribution in [-0.2, 0) is 6.18 Å². The van der Waals surface area contributed by atoms with Crippen molar-refractivity contribution < 1.29 is 31.5 Å². The Hall–Kier alpha value is -3.50. The van der Waals surface area contributed by atoms with Crippen molar-refractivity contribution in [2.75, 3.05) is 5.32 Å². The Morgan fingerprint density at radius 2 is 1.69 bits per heavy atom. The topological polar surface area (TPSA) is 69.0 Å². The summed E-state index contributed by atoms with van der Waals surface area (Å²) in [5.41, 5.74) is -0.247. The second-order valence-electron chi connectivity index (χ2n) is 5.80. The van der Waals surface area contributed by atoms with Crippen molar-refractivity contribution in [3.63, 3.8) is 0 Å². The highest BCUT2D eigenvalue weighted by molar-refractivity contribution is 6.01. The Labute approximate surface area is 160 Å². The van der Waals surface area contributed by atoms with E-state index >= 15 is 0 Å². The molecular formula is C18H13F5N4O2. The first-order valence-corrected chi connectivity index (χ1v) is 8.11. The number of carbonyl (C=O) groups is 1. The SMILES string of the molecule is Cc1nc(C(=O)Nc2ccc(C(F)(F)F)cc2)nn1-c1ccc(OC(F)F)cc1. The third-order valence-corrected chi connectivity index (χ3v) is 3.75. The van der Waals surface area contributed by atoms with Gasteiger partial charge in [0, 0.05) is 5.69 Å². The van der Waals surface area contributed by atoms with Crippen LogP contribution in [0.15, 0.2) is 48.5 Å². The summed E-state index contributed by atoms with van der Waals surface area (Å²) in [6, 6.07) is 9.45. The lowest BCUT2D eigenvalue weighted by atomic mass is 10.2. The predicted octanol–water partition coefficient (Wildman–Crippen LogP) is 4.45. The fourth-order valence-electron chi connectivity index (χ4n) is 2.43. The molecule has 3 rings (SSSR count). The molecule has 1 amide bonds. The van der Waals surface area contributed by atoms with Crippen molar-refractivity contribution >= 4 is 11.6 Å². The number of carbonyl (C=O) groups excluding carboxylic acids is 1. The number of benzene rings is 2. The summed E-state index contributed by atoms with van der Waals surface area (Å²) in [5, 5.41) is 6.46. The smallest absolute Gasteiger partial charge is 0.416 e. The number of aromatic nitrogens is 3. The summed E-state index contributed by atoms with van der Waals surface area (Å²) in [6.07, 6.45) is -4.48. The standard InChI is InChI=1S/C18H13F5N4O2/c1-10-24-15(16(28)25-12-4-2-11(3-5-12)18(21,22)23)26-27(10)13-6-8-14(9-7-13)29-17(19)20/h2-9,17H,1H3,(H,25,28). The van der Waals surface area contributed by atoms with Crippen LogP contribution in [0.2, 0.25) is 0 Å². The van der Waals surface area contributed by atoms with E-state index in [4.69, 9.17) is 0 Å². The molecule has 0 unspecified atom stereocenters. The number of amides is 1. The Morgan fingerprint density at radius 3 is 2.24 bits per heavy atom. The van der Waals surface area contributed by atoms with Crippen LogP contribution in [0.1, 0.15) is 22.0 Å². The Kier molecular flexibility index (Phi) is 5.48. The summed E-state index contributed by atoms with van der Waals surface area (Å²) in [7, 11) is 0. The summed E-state index contributed by atoms with van der Waals surface area (Å²) in [4.78, 5) is 16.3. The zero-order valence-electron chi connectivity index (χ0n) is 14.7. The molecule has 0 atom stereocenters. The molecule has 0 aliphatic rings. The number of anilines is 1. The van der Waals surface area contributed by atoms with E-state index in [9.17, 15) is 26.7 Å². The summed E-state index contributed by atoms with van der Waals surface area (Å²) in [6.45, 7) is -1.37. The van der Waals surface area contributed by atoms with Gasteiger partial charge in [-0.25, -0.2) is 9.67 Å². The van der Waals surface area contributed by atoms with Crippen LogP contribution >= 0.6 is 0 Å². The van der Waals surface area contributed by atoms with E-state index in [2.05, 4.69) is 20.1 Å². The molecule has 0 saturated carbocycles. The molecule has 29 heavy (non-hydrogen) atoms. The van der Waals surface area contributed by atoms with Crippen molar-refractivity contribution in [1.82, 2.24) is 14.8 Å². The van der Waals surface area contributed by atoms with E-state index in [0.717, 1.165) is 24.3 Å². The highest BCUT2D eigenvalue weighted by Crippen LogP contribution is 2.29. The maximum atomic E-state index is 12.6. The van der Waals surface area contributed by atoms with Gasteiger partial charge in [0.1, 0.15) is 11.6 Å². The fourth-order valence-corrected chi connectivity index (χ4v) is 2.43. The minimum Gasteiger partial charge on any atom is -0.435 e. The maximum Gasteiger partial charge on any atom is 0.416 e. The van der Waals surface area contributed by atoms with Crippen LogP contribution in [0.25, 0.3) is 5.69 Å². The monoisotopic (exact) mass is 412 g/mol. The minimum absolute atomic E-state index is 0.0400. The average Bonchev–Trinajstić information content (AvgIpc) is 3.03. The summed E-state index contributed by atoms with van der Waals surface area (Å²) >= 11 is 0. The number of nitrogens with one attached hydrogen (secondary N) is 1. The lowest BCUT2D eigenvalue weighted by Crippen LogP contribution is -2.14. The number of ether oxygens (including phenoxy) is 1. The molecule has 152 valence electrons. The number of rotatable bonds is 5. The van der Waals surface area contributed by atoms with Gasteiger partial charge in [-0.15, -0.1) is 5.10 Å². The largest absolute Gasteiger partial charge is 0.435 e. The van der Waals surface area contributed by atoms with Crippen LogP contribution in [0.4, 0.5) is 27.6 Å². The first-order chi connectivity index (χ1) is 13.6. The molecule has 11 heteroatoms. The fraction of sp³-hybridized carbons (Fsp3) is 0.167. The summed E-state index contributed by atoms with van der Waals surface area (Å²) < 4.78 is 67.8. The van der Waals surface area contributed by atoms with Crippen LogP contribution in [0.3, 0.4) is 0 Å². The van der Waals surface area contributed by atoms with Crippen molar-refractivity contribution in [3.05, 3.63) is 65.7 Å². The van der Waals surface area contributed by atoms with Gasteiger partial charge in [0.25, 0.3) is 5.91 Å². The quantitative estimate of drug-likeness (QED) is 0.629. The molecule has 0 radical (unpaired) electrons. The number of alkyl halides is 5. The lowest BCUT2D eigenvalue weighted by molar-refractivity contribution is -0.137. The molecule has 0 aliphatic heterocycles. The molecule has 0 aliphatic carbocycles. The van der Waals surface area contributed by atoms with Gasteiger partial charge in [0.15, 0.2) is 0 Å². The molecule has 0 bridgehead atoms. The van der Waals surface area contributed by atoms with Gasteiger partial charge in [-0.1, -0.05) is 0 Å². The van der Waals surface area contributed by atoms with Gasteiger partial charge in [0.2, 0.25) is 5.82 Å². The van der Waals surface area contributed by atoms with Gasteiger partial charge in [-0.05, 0) is 55.5 Å². The molecule has 6 nitrogen and oxygen atoms in total. The van der Waals surface area contributed by atoms with E-state index in [1.54, 1.807) is 6.92 Å². The van der Waals surface area contributed by atoms with E-state index < -0.39 is 24.3 Å². The first kappa shape index (κ1) is 20.2. The first-order valence-electron chi connectivity index (χ1n) is 8.11. The van der Waals surface area contributed by atoms with Gasteiger partial charge in [0.05, 0.1) is 11.3 Å². The number of nitrogens with zero attached hydrogens (tertiary/aromatic N) is 3.